The number of likely N-dealkylation sites (N-methyl/N-ethyl adjacent to an activating group) is 1. The van der Waals surface area contributed by atoms with Gasteiger partial charge in [0, 0.05) is 54.4 Å². The number of carbonyl (C=O) groups is 1. The molecule has 1 aromatic carbocycles. The summed E-state index contributed by atoms with van der Waals surface area (Å²) in [7, 11) is 1.98. The van der Waals surface area contributed by atoms with Crippen molar-refractivity contribution < 1.29 is 4.79 Å². The number of nitrogens with one attached hydrogen (secondary N) is 2. The van der Waals surface area contributed by atoms with Crippen molar-refractivity contribution in [1.82, 2.24) is 24.8 Å². The zero-order chi connectivity index (χ0) is 19.0. The van der Waals surface area contributed by atoms with Crippen LogP contribution < -0.4 is 11.3 Å². The molecule has 1 saturated heterocycles. The van der Waals surface area contributed by atoms with Crippen LogP contribution >= 0.6 is 0 Å². The highest BCUT2D eigenvalue weighted by molar-refractivity contribution is 6.06. The molecule has 27 heavy (non-hydrogen) atoms. The van der Waals surface area contributed by atoms with Crippen molar-refractivity contribution in [3.8, 4) is 0 Å². The third-order valence-corrected chi connectivity index (χ3v) is 5.12. The molecule has 4 N–H and O–H groups in total. The summed E-state index contributed by atoms with van der Waals surface area (Å²) >= 11 is 0. The zero-order valence-corrected chi connectivity index (χ0v) is 15.1. The van der Waals surface area contributed by atoms with Crippen LogP contribution in [-0.2, 0) is 6.54 Å². The number of aromatic amines is 2. The molecule has 0 spiro atoms. The molecule has 3 aromatic rings. The molecule has 1 aliphatic rings. The molecule has 3 heterocycles. The number of amides is 1. The molecule has 1 amide bonds. The maximum Gasteiger partial charge on any atom is 0.254 e. The van der Waals surface area contributed by atoms with Gasteiger partial charge in [0.15, 0.2) is 0 Å². The van der Waals surface area contributed by atoms with E-state index in [1.807, 2.05) is 42.4 Å². The maximum atomic E-state index is 13.0. The number of benzene rings is 1. The number of nitrogens with two attached hydrogens (primary N) is 1. The Labute approximate surface area is 156 Å². The first-order valence-electron chi connectivity index (χ1n) is 8.92. The second kappa shape index (κ2) is 6.88. The van der Waals surface area contributed by atoms with Crippen LogP contribution in [0.15, 0.2) is 41.3 Å². The average Bonchev–Trinajstić information content (AvgIpc) is 3.29. The standard InChI is InChI=1S/C19H22N6O2/c1-24(10-12-9-17(26)23-19(20)22-12)13-6-8-25(11-13)18(27)15-3-2-4-16-14(15)5-7-21-16/h2-5,7,9,13,21H,6,8,10-11H2,1H3,(H3,20,22,23,26)/t13-/m0/s1. The van der Waals surface area contributed by atoms with Gasteiger partial charge < -0.3 is 15.6 Å². The van der Waals surface area contributed by atoms with Crippen LogP contribution in [0, 0.1) is 0 Å². The van der Waals surface area contributed by atoms with E-state index >= 15 is 0 Å². The van der Waals surface area contributed by atoms with Crippen LogP contribution in [0.2, 0.25) is 0 Å². The molecule has 140 valence electrons. The van der Waals surface area contributed by atoms with Crippen molar-refractivity contribution in [1.29, 1.82) is 0 Å². The first kappa shape index (κ1) is 17.3. The molecule has 0 aliphatic carbocycles. The largest absolute Gasteiger partial charge is 0.369 e. The van der Waals surface area contributed by atoms with Gasteiger partial charge in [-0.25, -0.2) is 4.98 Å². The van der Waals surface area contributed by atoms with Crippen molar-refractivity contribution in [2.24, 2.45) is 0 Å². The molecule has 0 bridgehead atoms. The van der Waals surface area contributed by atoms with E-state index in [9.17, 15) is 9.59 Å². The molecule has 2 aromatic heterocycles. The van der Waals surface area contributed by atoms with E-state index in [4.69, 9.17) is 5.73 Å². The summed E-state index contributed by atoms with van der Waals surface area (Å²) in [5.41, 5.74) is 7.67. The molecule has 1 atom stereocenters. The Morgan fingerprint density at radius 1 is 1.41 bits per heavy atom. The van der Waals surface area contributed by atoms with Gasteiger partial charge in [-0.2, -0.15) is 0 Å². The Hall–Kier alpha value is -3.13. The summed E-state index contributed by atoms with van der Waals surface area (Å²) in [5, 5.41) is 0.947. The van der Waals surface area contributed by atoms with Crippen molar-refractivity contribution in [2.45, 2.75) is 19.0 Å². The lowest BCUT2D eigenvalue weighted by Crippen LogP contribution is -2.36. The van der Waals surface area contributed by atoms with Gasteiger partial charge in [-0.3, -0.25) is 19.5 Å². The first-order chi connectivity index (χ1) is 13.0. The molecule has 1 fully saturated rings. The van der Waals surface area contributed by atoms with Crippen LogP contribution in [0.1, 0.15) is 22.5 Å². The summed E-state index contributed by atoms with van der Waals surface area (Å²) in [6, 6.07) is 9.34. The first-order valence-corrected chi connectivity index (χ1v) is 8.92. The van der Waals surface area contributed by atoms with Gasteiger partial charge in [0.2, 0.25) is 5.95 Å². The predicted molar refractivity (Wildman–Crippen MR) is 103 cm³/mol. The number of hydrogen-bond acceptors (Lipinski definition) is 5. The summed E-state index contributed by atoms with van der Waals surface area (Å²) < 4.78 is 0. The second-order valence-electron chi connectivity index (χ2n) is 6.98. The van der Waals surface area contributed by atoms with Crippen LogP contribution in [-0.4, -0.2) is 56.8 Å². The lowest BCUT2D eigenvalue weighted by Gasteiger charge is -2.24. The minimum Gasteiger partial charge on any atom is -0.369 e. The van der Waals surface area contributed by atoms with Crippen molar-refractivity contribution in [3.05, 3.63) is 58.1 Å². The van der Waals surface area contributed by atoms with E-state index in [1.165, 1.54) is 6.07 Å². The normalized spacial score (nSPS) is 17.1. The lowest BCUT2D eigenvalue weighted by molar-refractivity contribution is 0.0781. The number of likely N-dealkylation sites (tertiary alicyclic amines) is 1. The summed E-state index contributed by atoms with van der Waals surface area (Å²) in [5.74, 6) is 0.170. The number of nitrogens with zero attached hydrogens (tertiary/aromatic N) is 3. The fourth-order valence-electron chi connectivity index (χ4n) is 3.72. The summed E-state index contributed by atoms with van der Waals surface area (Å²) in [6.45, 7) is 1.86. The third kappa shape index (κ3) is 3.43. The number of carbonyl (C=O) groups excluding carboxylic acids is 1. The average molecular weight is 366 g/mol. The van der Waals surface area contributed by atoms with Crippen LogP contribution in [0.3, 0.4) is 0 Å². The number of aromatic nitrogens is 3. The van der Waals surface area contributed by atoms with E-state index < -0.39 is 0 Å². The Morgan fingerprint density at radius 3 is 3.07 bits per heavy atom. The topological polar surface area (TPSA) is 111 Å². The Morgan fingerprint density at radius 2 is 2.26 bits per heavy atom. The van der Waals surface area contributed by atoms with E-state index in [1.54, 1.807) is 0 Å². The Bertz CT molecular complexity index is 1040. The zero-order valence-electron chi connectivity index (χ0n) is 15.1. The maximum absolute atomic E-state index is 13.0. The smallest absolute Gasteiger partial charge is 0.254 e. The van der Waals surface area contributed by atoms with Gasteiger partial charge in [0.25, 0.3) is 11.5 Å². The second-order valence-corrected chi connectivity index (χ2v) is 6.98. The number of fused-ring (bicyclic) bond motifs is 1. The fraction of sp³-hybridized carbons (Fsp3) is 0.316. The number of hydrogen-bond donors (Lipinski definition) is 3. The van der Waals surface area contributed by atoms with E-state index in [2.05, 4.69) is 19.9 Å². The quantitative estimate of drug-likeness (QED) is 0.642. The predicted octanol–water partition coefficient (Wildman–Crippen LogP) is 1.18. The van der Waals surface area contributed by atoms with Crippen molar-refractivity contribution in [3.63, 3.8) is 0 Å². The SMILES string of the molecule is CN(Cc1cc(=O)[nH]c(N)n1)[C@H]1CCN(C(=O)c2cccc3[nH]ccc23)C1. The number of nitrogen functional groups attached to an aromatic ring is 1. The minimum atomic E-state index is -0.256. The van der Waals surface area contributed by atoms with Crippen LogP contribution in [0.5, 0.6) is 0 Å². The van der Waals surface area contributed by atoms with Gasteiger partial charge >= 0.3 is 0 Å². The highest BCUT2D eigenvalue weighted by atomic mass is 16.2. The molecule has 8 nitrogen and oxygen atoms in total. The molecule has 0 unspecified atom stereocenters. The van der Waals surface area contributed by atoms with Crippen LogP contribution in [0.25, 0.3) is 10.9 Å². The molecule has 0 radical (unpaired) electrons. The molecule has 0 saturated carbocycles. The van der Waals surface area contributed by atoms with Crippen molar-refractivity contribution >= 4 is 22.8 Å². The third-order valence-electron chi connectivity index (χ3n) is 5.12. The molecule has 8 heteroatoms. The number of rotatable bonds is 4. The van der Waals surface area contributed by atoms with Crippen LogP contribution in [0.4, 0.5) is 5.95 Å². The molecular weight excluding hydrogens is 344 g/mol. The minimum absolute atomic E-state index is 0.0506. The highest BCUT2D eigenvalue weighted by Gasteiger charge is 2.30. The number of anilines is 1. The Balaban J connectivity index is 1.45. The van der Waals surface area contributed by atoms with Gasteiger partial charge in [0.05, 0.1) is 5.69 Å². The van der Waals surface area contributed by atoms with E-state index in [0.29, 0.717) is 25.3 Å². The Kier molecular flexibility index (Phi) is 4.41. The lowest BCUT2D eigenvalue weighted by atomic mass is 10.1. The molecular formula is C19H22N6O2. The van der Waals surface area contributed by atoms with Gasteiger partial charge in [0.1, 0.15) is 0 Å². The monoisotopic (exact) mass is 366 g/mol. The fourth-order valence-corrected chi connectivity index (χ4v) is 3.72. The molecule has 4 rings (SSSR count). The van der Waals surface area contributed by atoms with E-state index in [0.717, 1.165) is 22.9 Å². The van der Waals surface area contributed by atoms with E-state index in [-0.39, 0.29) is 23.5 Å². The molecule has 1 aliphatic heterocycles. The highest BCUT2D eigenvalue weighted by Crippen LogP contribution is 2.23. The van der Waals surface area contributed by atoms with Gasteiger partial charge in [-0.05, 0) is 31.7 Å². The van der Waals surface area contributed by atoms with Gasteiger partial charge in [-0.15, -0.1) is 0 Å². The summed E-state index contributed by atoms with van der Waals surface area (Å²) in [4.78, 5) is 38.3. The van der Waals surface area contributed by atoms with Gasteiger partial charge in [-0.1, -0.05) is 6.07 Å². The summed E-state index contributed by atoms with van der Waals surface area (Å²) in [6.07, 6.45) is 2.73. The van der Waals surface area contributed by atoms with Crippen molar-refractivity contribution in [2.75, 3.05) is 25.9 Å². The number of H-pyrrole nitrogens is 2.